The van der Waals surface area contributed by atoms with E-state index in [1.54, 1.807) is 6.07 Å². The van der Waals surface area contributed by atoms with Gasteiger partial charge in [0.25, 0.3) is 0 Å². The molecule has 0 heterocycles. The fraction of sp³-hybridized carbons (Fsp3) is 0.500. The third kappa shape index (κ3) is 2.31. The van der Waals surface area contributed by atoms with Gasteiger partial charge in [-0.1, -0.05) is 11.6 Å². The van der Waals surface area contributed by atoms with Gasteiger partial charge in [0.2, 0.25) is 5.00 Å². The third-order valence-electron chi connectivity index (χ3n) is 0.692. The zero-order chi connectivity index (χ0) is 7.49. The van der Waals surface area contributed by atoms with E-state index in [2.05, 4.69) is 0 Å². The Kier molecular flexibility index (Phi) is 2.43. The van der Waals surface area contributed by atoms with Crippen molar-refractivity contribution >= 4 is 17.6 Å². The number of rotatable bonds is 2. The van der Waals surface area contributed by atoms with Crippen LogP contribution in [0.5, 0.6) is 0 Å². The van der Waals surface area contributed by atoms with Gasteiger partial charge in [0.05, 0.1) is 12.5 Å². The van der Waals surface area contributed by atoms with Gasteiger partial charge in [-0.05, 0) is 0 Å². The number of nitriles is 1. The van der Waals surface area contributed by atoms with Crippen LogP contribution in [0.25, 0.3) is 0 Å². The SMILES string of the molecule is N#CCC(N)(Cl)C(=O)O. The summed E-state index contributed by atoms with van der Waals surface area (Å²) in [7, 11) is 0. The lowest BCUT2D eigenvalue weighted by Gasteiger charge is -2.10. The van der Waals surface area contributed by atoms with E-state index >= 15 is 0 Å². The number of nitrogens with zero attached hydrogens (tertiary/aromatic N) is 1. The molecule has 0 radical (unpaired) electrons. The first-order chi connectivity index (χ1) is 4.00. The van der Waals surface area contributed by atoms with Crippen LogP contribution in [-0.2, 0) is 4.79 Å². The van der Waals surface area contributed by atoms with Gasteiger partial charge in [0, 0.05) is 0 Å². The van der Waals surface area contributed by atoms with Crippen LogP contribution < -0.4 is 5.73 Å². The molecule has 0 spiro atoms. The van der Waals surface area contributed by atoms with E-state index < -0.39 is 17.4 Å². The van der Waals surface area contributed by atoms with Crippen LogP contribution in [0.4, 0.5) is 0 Å². The Labute approximate surface area is 56.8 Å². The van der Waals surface area contributed by atoms with E-state index in [1.165, 1.54) is 0 Å². The summed E-state index contributed by atoms with van der Waals surface area (Å²) in [6.07, 6.45) is -0.399. The predicted molar refractivity (Wildman–Crippen MR) is 30.6 cm³/mol. The fourth-order valence-electron chi connectivity index (χ4n) is 0.191. The average Bonchev–Trinajstić information content (AvgIpc) is 1.65. The van der Waals surface area contributed by atoms with Gasteiger partial charge in [-0.2, -0.15) is 5.26 Å². The molecule has 0 amide bonds. The molecule has 0 rings (SSSR count). The monoisotopic (exact) mass is 148 g/mol. The van der Waals surface area contributed by atoms with E-state index in [0.29, 0.717) is 0 Å². The molecule has 0 saturated carbocycles. The number of nitrogens with two attached hydrogens (primary N) is 1. The highest BCUT2D eigenvalue weighted by molar-refractivity contribution is 6.33. The second-order valence-electron chi connectivity index (χ2n) is 1.50. The molecule has 1 atom stereocenters. The molecule has 0 aromatic rings. The smallest absolute Gasteiger partial charge is 0.340 e. The van der Waals surface area contributed by atoms with E-state index in [9.17, 15) is 4.79 Å². The molecule has 0 fully saturated rings. The second kappa shape index (κ2) is 2.67. The predicted octanol–water partition coefficient (Wildman–Crippen LogP) is -0.122. The lowest BCUT2D eigenvalue weighted by Crippen LogP contribution is -2.41. The summed E-state index contributed by atoms with van der Waals surface area (Å²) in [6.45, 7) is 0. The van der Waals surface area contributed by atoms with Crippen molar-refractivity contribution in [1.29, 1.82) is 5.26 Å². The summed E-state index contributed by atoms with van der Waals surface area (Å²) in [5.74, 6) is -1.38. The van der Waals surface area contributed by atoms with Gasteiger partial charge in [-0.25, -0.2) is 4.79 Å². The molecule has 0 aromatic heterocycles. The minimum absolute atomic E-state index is 0.399. The lowest BCUT2D eigenvalue weighted by atomic mass is 10.2. The molecule has 0 aromatic carbocycles. The largest absolute Gasteiger partial charge is 0.479 e. The second-order valence-corrected chi connectivity index (χ2v) is 2.18. The van der Waals surface area contributed by atoms with Crippen LogP contribution in [0.1, 0.15) is 6.42 Å². The van der Waals surface area contributed by atoms with Gasteiger partial charge in [-0.15, -0.1) is 0 Å². The molecule has 3 N–H and O–H groups in total. The molecule has 50 valence electrons. The van der Waals surface area contributed by atoms with E-state index in [4.69, 9.17) is 27.7 Å². The van der Waals surface area contributed by atoms with Gasteiger partial charge in [-0.3, -0.25) is 0 Å². The Balaban J connectivity index is 4.06. The number of carboxylic acid groups (broad SMARTS) is 1. The van der Waals surface area contributed by atoms with Crippen LogP contribution in [0.3, 0.4) is 0 Å². The molecule has 1 unspecified atom stereocenters. The fourth-order valence-corrected chi connectivity index (χ4v) is 0.250. The van der Waals surface area contributed by atoms with Crippen LogP contribution in [-0.4, -0.2) is 16.1 Å². The Hall–Kier alpha value is -0.790. The van der Waals surface area contributed by atoms with Crippen molar-refractivity contribution in [2.45, 2.75) is 11.4 Å². The van der Waals surface area contributed by atoms with E-state index in [-0.39, 0.29) is 0 Å². The van der Waals surface area contributed by atoms with Crippen LogP contribution in [0, 0.1) is 11.3 Å². The molecule has 0 bridgehead atoms. The zero-order valence-corrected chi connectivity index (χ0v) is 5.22. The third-order valence-corrected chi connectivity index (χ3v) is 0.987. The number of hydrogen-bond acceptors (Lipinski definition) is 3. The van der Waals surface area contributed by atoms with Crippen molar-refractivity contribution in [3.63, 3.8) is 0 Å². The number of carbonyl (C=O) groups is 1. The van der Waals surface area contributed by atoms with Crippen molar-refractivity contribution in [2.75, 3.05) is 0 Å². The van der Waals surface area contributed by atoms with Gasteiger partial charge >= 0.3 is 5.97 Å². The molecule has 0 saturated heterocycles. The van der Waals surface area contributed by atoms with Gasteiger partial charge in [0.1, 0.15) is 0 Å². The Morgan fingerprint density at radius 1 is 2.00 bits per heavy atom. The van der Waals surface area contributed by atoms with Crippen LogP contribution in [0.15, 0.2) is 0 Å². The van der Waals surface area contributed by atoms with Crippen molar-refractivity contribution in [2.24, 2.45) is 5.73 Å². The Morgan fingerprint density at radius 2 is 2.44 bits per heavy atom. The normalized spacial score (nSPS) is 15.7. The maximum Gasteiger partial charge on any atom is 0.340 e. The topological polar surface area (TPSA) is 87.1 Å². The number of carboxylic acids is 1. The summed E-state index contributed by atoms with van der Waals surface area (Å²) in [6, 6.07) is 1.55. The van der Waals surface area contributed by atoms with Crippen molar-refractivity contribution < 1.29 is 9.90 Å². The molecule has 5 heteroatoms. The quantitative estimate of drug-likeness (QED) is 0.422. The highest BCUT2D eigenvalue weighted by Gasteiger charge is 2.30. The van der Waals surface area contributed by atoms with Gasteiger partial charge < -0.3 is 10.8 Å². The van der Waals surface area contributed by atoms with Crippen molar-refractivity contribution in [3.05, 3.63) is 0 Å². The molecule has 0 aliphatic carbocycles. The summed E-state index contributed by atoms with van der Waals surface area (Å²) >= 11 is 5.13. The van der Waals surface area contributed by atoms with Crippen LogP contribution >= 0.6 is 11.6 Å². The molecular weight excluding hydrogens is 144 g/mol. The molecule has 4 nitrogen and oxygen atoms in total. The highest BCUT2D eigenvalue weighted by atomic mass is 35.5. The van der Waals surface area contributed by atoms with Crippen molar-refractivity contribution in [1.82, 2.24) is 0 Å². The van der Waals surface area contributed by atoms with E-state index in [0.717, 1.165) is 0 Å². The number of aliphatic carboxylic acids is 1. The minimum atomic E-state index is -1.92. The summed E-state index contributed by atoms with van der Waals surface area (Å²) < 4.78 is 0. The number of hydrogen-bond donors (Lipinski definition) is 2. The number of halogens is 1. The van der Waals surface area contributed by atoms with Crippen molar-refractivity contribution in [3.8, 4) is 6.07 Å². The van der Waals surface area contributed by atoms with E-state index in [1.807, 2.05) is 0 Å². The Bertz CT molecular complexity index is 160. The van der Waals surface area contributed by atoms with Crippen LogP contribution in [0.2, 0.25) is 0 Å². The minimum Gasteiger partial charge on any atom is -0.479 e. The highest BCUT2D eigenvalue weighted by Crippen LogP contribution is 2.10. The standard InChI is InChI=1S/C4H5ClN2O2/c5-4(7,1-2-6)3(8)9/h1,7H2,(H,8,9). The van der Waals surface area contributed by atoms with Gasteiger partial charge in [0.15, 0.2) is 0 Å². The lowest BCUT2D eigenvalue weighted by molar-refractivity contribution is -0.139. The number of alkyl halides is 1. The molecular formula is C4H5ClN2O2. The molecule has 0 aliphatic heterocycles. The first-order valence-corrected chi connectivity index (χ1v) is 2.46. The first kappa shape index (κ1) is 8.21. The summed E-state index contributed by atoms with van der Waals surface area (Å²) in [5.41, 5.74) is 4.91. The summed E-state index contributed by atoms with van der Waals surface area (Å²) in [4.78, 5) is 8.08. The summed E-state index contributed by atoms with van der Waals surface area (Å²) in [5, 5.41) is 16.1. The first-order valence-electron chi connectivity index (χ1n) is 2.09. The molecule has 9 heavy (non-hydrogen) atoms. The zero-order valence-electron chi connectivity index (χ0n) is 4.47. The maximum atomic E-state index is 10.0. The molecule has 0 aliphatic rings. The average molecular weight is 149 g/mol. The Morgan fingerprint density at radius 3 is 2.56 bits per heavy atom. The maximum absolute atomic E-state index is 10.0.